The molecule has 17 heavy (non-hydrogen) atoms. The first kappa shape index (κ1) is 16.0. The molecule has 0 atom stereocenters. The molecule has 0 saturated carbocycles. The molecule has 0 bridgehead atoms. The van der Waals surface area contributed by atoms with Gasteiger partial charge in [-0.25, -0.2) is 4.39 Å². The average molecular weight is 252 g/mol. The first-order valence-corrected chi connectivity index (χ1v) is 5.95. The molecular formula is C12H19F3O2. The van der Waals surface area contributed by atoms with Crippen molar-refractivity contribution >= 4 is 5.97 Å². The fourth-order valence-electron chi connectivity index (χ4n) is 1.53. The molecule has 0 aliphatic rings. The van der Waals surface area contributed by atoms with E-state index in [4.69, 9.17) is 5.11 Å². The van der Waals surface area contributed by atoms with Crippen LogP contribution < -0.4 is 0 Å². The van der Waals surface area contributed by atoms with Crippen LogP contribution in [0.2, 0.25) is 0 Å². The summed E-state index contributed by atoms with van der Waals surface area (Å²) in [6, 6.07) is 0. The molecule has 0 aromatic heterocycles. The van der Waals surface area contributed by atoms with Crippen molar-refractivity contribution in [3.8, 4) is 0 Å². The van der Waals surface area contributed by atoms with E-state index in [1.165, 1.54) is 0 Å². The van der Waals surface area contributed by atoms with E-state index < -0.39 is 17.9 Å². The fourth-order valence-corrected chi connectivity index (χ4v) is 1.53. The van der Waals surface area contributed by atoms with Crippen LogP contribution in [0, 0.1) is 0 Å². The van der Waals surface area contributed by atoms with Crippen LogP contribution in [0.3, 0.4) is 0 Å². The quantitative estimate of drug-likeness (QED) is 0.574. The lowest BCUT2D eigenvalue weighted by Crippen LogP contribution is -1.93. The fraction of sp³-hybridized carbons (Fsp3) is 0.750. The lowest BCUT2D eigenvalue weighted by Gasteiger charge is -2.00. The van der Waals surface area contributed by atoms with E-state index in [-0.39, 0.29) is 12.8 Å². The summed E-state index contributed by atoms with van der Waals surface area (Å²) in [5.74, 6) is -2.08. The Balaban J connectivity index is 3.19. The molecule has 0 radical (unpaired) electrons. The number of aliphatic carboxylic acids is 1. The molecule has 0 amide bonds. The zero-order chi connectivity index (χ0) is 13.1. The van der Waals surface area contributed by atoms with Gasteiger partial charge in [0.05, 0.1) is 0 Å². The highest BCUT2D eigenvalue weighted by Gasteiger charge is 2.03. The molecule has 5 heteroatoms. The zero-order valence-electron chi connectivity index (χ0n) is 9.85. The van der Waals surface area contributed by atoms with E-state index in [0.29, 0.717) is 12.8 Å². The number of carboxylic acids is 1. The van der Waals surface area contributed by atoms with Gasteiger partial charge in [0.25, 0.3) is 0 Å². The summed E-state index contributed by atoms with van der Waals surface area (Å²) in [5.41, 5.74) is 0. The van der Waals surface area contributed by atoms with Crippen molar-refractivity contribution in [2.24, 2.45) is 0 Å². The Hall–Kier alpha value is -1.00. The summed E-state index contributed by atoms with van der Waals surface area (Å²) in [4.78, 5) is 10.2. The van der Waals surface area contributed by atoms with Gasteiger partial charge in [-0.3, -0.25) is 4.79 Å². The third-order valence-electron chi connectivity index (χ3n) is 2.49. The summed E-state index contributed by atoms with van der Waals surface area (Å²) in [5, 5.41) is 8.38. The number of hydrogen-bond acceptors (Lipinski definition) is 1. The first-order chi connectivity index (χ1) is 8.04. The lowest BCUT2D eigenvalue weighted by molar-refractivity contribution is -0.137. The number of halogens is 3. The third-order valence-corrected chi connectivity index (χ3v) is 2.49. The van der Waals surface area contributed by atoms with Crippen molar-refractivity contribution in [3.63, 3.8) is 0 Å². The smallest absolute Gasteiger partial charge is 0.303 e. The van der Waals surface area contributed by atoms with Crippen LogP contribution in [0.15, 0.2) is 11.9 Å². The molecule has 0 aliphatic heterocycles. The molecule has 100 valence electrons. The summed E-state index contributed by atoms with van der Waals surface area (Å²) in [6.07, 6.45) is 3.32. The van der Waals surface area contributed by atoms with Gasteiger partial charge in [0.15, 0.2) is 5.83 Å². The second-order valence-electron chi connectivity index (χ2n) is 4.03. The van der Waals surface area contributed by atoms with Gasteiger partial charge in [-0.05, 0) is 12.8 Å². The van der Waals surface area contributed by atoms with E-state index >= 15 is 0 Å². The van der Waals surface area contributed by atoms with E-state index in [1.807, 2.05) is 0 Å². The van der Waals surface area contributed by atoms with Crippen molar-refractivity contribution in [2.45, 2.75) is 57.8 Å². The zero-order valence-corrected chi connectivity index (χ0v) is 9.85. The molecular weight excluding hydrogens is 233 g/mol. The largest absolute Gasteiger partial charge is 0.481 e. The molecule has 0 aliphatic carbocycles. The predicted octanol–water partition coefficient (Wildman–Crippen LogP) is 4.66. The number of hydrogen-bond donors (Lipinski definition) is 1. The highest BCUT2D eigenvalue weighted by Crippen LogP contribution is 2.17. The summed E-state index contributed by atoms with van der Waals surface area (Å²) in [7, 11) is 0. The van der Waals surface area contributed by atoms with Crippen molar-refractivity contribution in [1.29, 1.82) is 0 Å². The van der Waals surface area contributed by atoms with Gasteiger partial charge >= 0.3 is 12.0 Å². The van der Waals surface area contributed by atoms with Gasteiger partial charge in [-0.15, -0.1) is 0 Å². The van der Waals surface area contributed by atoms with Crippen LogP contribution in [0.25, 0.3) is 0 Å². The van der Waals surface area contributed by atoms with Gasteiger partial charge in [-0.2, -0.15) is 8.78 Å². The number of allylic oxidation sites excluding steroid dienone is 1. The van der Waals surface area contributed by atoms with Gasteiger partial charge in [0.2, 0.25) is 0 Å². The SMILES string of the molecule is O=C(O)CCCCCCCCCC(F)=C(F)F. The summed E-state index contributed by atoms with van der Waals surface area (Å²) < 4.78 is 35.7. The first-order valence-electron chi connectivity index (χ1n) is 5.95. The van der Waals surface area contributed by atoms with Crippen molar-refractivity contribution in [1.82, 2.24) is 0 Å². The number of unbranched alkanes of at least 4 members (excludes halogenated alkanes) is 6. The Morgan fingerprint density at radius 1 is 0.765 bits per heavy atom. The Morgan fingerprint density at radius 2 is 1.18 bits per heavy atom. The van der Waals surface area contributed by atoms with Crippen LogP contribution in [0.5, 0.6) is 0 Å². The molecule has 0 fully saturated rings. The number of rotatable bonds is 10. The van der Waals surface area contributed by atoms with E-state index in [2.05, 4.69) is 0 Å². The van der Waals surface area contributed by atoms with Crippen LogP contribution in [-0.4, -0.2) is 11.1 Å². The van der Waals surface area contributed by atoms with E-state index in [0.717, 1.165) is 32.1 Å². The maximum atomic E-state index is 12.4. The summed E-state index contributed by atoms with van der Waals surface area (Å²) >= 11 is 0. The number of carboxylic acid groups (broad SMARTS) is 1. The molecule has 0 rings (SSSR count). The normalized spacial score (nSPS) is 10.3. The topological polar surface area (TPSA) is 37.3 Å². The van der Waals surface area contributed by atoms with Crippen LogP contribution in [-0.2, 0) is 4.79 Å². The van der Waals surface area contributed by atoms with Gasteiger partial charge < -0.3 is 5.11 Å². The van der Waals surface area contributed by atoms with Crippen LogP contribution in [0.4, 0.5) is 13.2 Å². The average Bonchev–Trinajstić information content (AvgIpc) is 2.25. The maximum absolute atomic E-state index is 12.4. The van der Waals surface area contributed by atoms with Gasteiger partial charge in [0, 0.05) is 12.8 Å². The molecule has 1 N–H and O–H groups in total. The maximum Gasteiger partial charge on any atom is 0.303 e. The van der Waals surface area contributed by atoms with Crippen LogP contribution in [0.1, 0.15) is 57.8 Å². The standard InChI is InChI=1S/C12H19F3O2/c13-10(12(14)15)8-6-4-2-1-3-5-7-9-11(16)17/h1-9H2,(H,16,17). The summed E-state index contributed by atoms with van der Waals surface area (Å²) in [6.45, 7) is 0. The molecule has 0 saturated heterocycles. The highest BCUT2D eigenvalue weighted by molar-refractivity contribution is 5.66. The van der Waals surface area contributed by atoms with Crippen molar-refractivity contribution in [2.75, 3.05) is 0 Å². The van der Waals surface area contributed by atoms with E-state index in [1.54, 1.807) is 0 Å². The second kappa shape index (κ2) is 10.2. The lowest BCUT2D eigenvalue weighted by atomic mass is 10.1. The molecule has 2 nitrogen and oxygen atoms in total. The molecule has 0 aromatic carbocycles. The Bertz CT molecular complexity index is 248. The van der Waals surface area contributed by atoms with E-state index in [9.17, 15) is 18.0 Å². The minimum atomic E-state index is -2.21. The third kappa shape index (κ3) is 11.3. The monoisotopic (exact) mass is 252 g/mol. The predicted molar refractivity (Wildman–Crippen MR) is 59.5 cm³/mol. The highest BCUT2D eigenvalue weighted by atomic mass is 19.3. The van der Waals surface area contributed by atoms with Crippen molar-refractivity contribution < 1.29 is 23.1 Å². The Kier molecular flexibility index (Phi) is 9.57. The molecule has 0 heterocycles. The Morgan fingerprint density at radius 3 is 1.59 bits per heavy atom. The Labute approximate surface area is 99.5 Å². The van der Waals surface area contributed by atoms with Gasteiger partial charge in [-0.1, -0.05) is 32.1 Å². The molecule has 0 spiro atoms. The van der Waals surface area contributed by atoms with Crippen LogP contribution >= 0.6 is 0 Å². The molecule has 0 unspecified atom stereocenters. The minimum Gasteiger partial charge on any atom is -0.481 e. The molecule has 0 aromatic rings. The second-order valence-corrected chi connectivity index (χ2v) is 4.03. The van der Waals surface area contributed by atoms with Crippen molar-refractivity contribution in [3.05, 3.63) is 11.9 Å². The van der Waals surface area contributed by atoms with Gasteiger partial charge in [0.1, 0.15) is 0 Å². The minimum absolute atomic E-state index is 0.179. The number of carbonyl (C=O) groups is 1.